The highest BCUT2D eigenvalue weighted by Gasteiger charge is 2.50. The van der Waals surface area contributed by atoms with Crippen molar-refractivity contribution in [2.75, 3.05) is 0 Å². The molecule has 5 nitrogen and oxygen atoms in total. The van der Waals surface area contributed by atoms with Crippen LogP contribution in [0, 0.1) is 0 Å². The maximum absolute atomic E-state index is 11.4. The van der Waals surface area contributed by atoms with Gasteiger partial charge in [0.2, 0.25) is 5.91 Å². The number of hydrogen-bond donors (Lipinski definition) is 1. The number of hydrogen-bond acceptors (Lipinski definition) is 3. The molecule has 1 N–H and O–H groups in total. The summed E-state index contributed by atoms with van der Waals surface area (Å²) in [4.78, 5) is 23.9. The Kier molecular flexibility index (Phi) is 2.42. The van der Waals surface area contributed by atoms with Crippen molar-refractivity contribution < 1.29 is 19.4 Å². The lowest BCUT2D eigenvalue weighted by atomic mass is 10.1. The van der Waals surface area contributed by atoms with E-state index in [1.165, 1.54) is 11.8 Å². The van der Waals surface area contributed by atoms with Crippen molar-refractivity contribution in [2.45, 2.75) is 51.0 Å². The highest BCUT2D eigenvalue weighted by Crippen LogP contribution is 2.36. The Morgan fingerprint density at radius 2 is 2.07 bits per heavy atom. The first-order valence-corrected chi connectivity index (χ1v) is 5.18. The monoisotopic (exact) mass is 213 g/mol. The van der Waals surface area contributed by atoms with Gasteiger partial charge in [-0.05, 0) is 13.3 Å². The molecule has 0 bridgehead atoms. The van der Waals surface area contributed by atoms with E-state index in [1.54, 1.807) is 0 Å². The summed E-state index contributed by atoms with van der Waals surface area (Å²) in [6, 6.07) is -0.747. The lowest BCUT2D eigenvalue weighted by molar-refractivity contribution is -0.148. The largest absolute Gasteiger partial charge is 0.480 e. The fraction of sp³-hybridized carbons (Fsp3) is 0.800. The minimum absolute atomic E-state index is 0.0430. The van der Waals surface area contributed by atoms with Crippen LogP contribution in [0.25, 0.3) is 0 Å². The van der Waals surface area contributed by atoms with Gasteiger partial charge >= 0.3 is 5.97 Å². The lowest BCUT2D eigenvalue weighted by Gasteiger charge is -2.25. The Morgan fingerprint density at radius 1 is 1.40 bits per heavy atom. The molecular weight excluding hydrogens is 198 g/mol. The van der Waals surface area contributed by atoms with Crippen LogP contribution in [0.3, 0.4) is 0 Å². The molecule has 0 saturated carbocycles. The van der Waals surface area contributed by atoms with E-state index in [1.807, 2.05) is 6.92 Å². The first kappa shape index (κ1) is 10.4. The maximum Gasteiger partial charge on any atom is 0.326 e. The normalized spacial score (nSPS) is 39.2. The molecule has 2 heterocycles. The number of amides is 1. The summed E-state index contributed by atoms with van der Waals surface area (Å²) >= 11 is 0. The van der Waals surface area contributed by atoms with Gasteiger partial charge in [-0.2, -0.15) is 0 Å². The van der Waals surface area contributed by atoms with Crippen molar-refractivity contribution in [1.82, 2.24) is 4.90 Å². The molecule has 2 fully saturated rings. The number of rotatable bonds is 1. The SMILES string of the molecule is CC(=O)N1[C@@H](C(=O)O)C[C@@H]2O[C@H](C)C[C@@H]21. The van der Waals surface area contributed by atoms with Gasteiger partial charge in [-0.3, -0.25) is 4.79 Å². The second kappa shape index (κ2) is 3.48. The predicted molar refractivity (Wildman–Crippen MR) is 51.3 cm³/mol. The van der Waals surface area contributed by atoms with Gasteiger partial charge in [-0.25, -0.2) is 4.79 Å². The van der Waals surface area contributed by atoms with E-state index in [9.17, 15) is 9.59 Å². The number of nitrogens with zero attached hydrogens (tertiary/aromatic N) is 1. The number of fused-ring (bicyclic) bond motifs is 1. The molecular formula is C10H15NO4. The van der Waals surface area contributed by atoms with Gasteiger partial charge in [0.15, 0.2) is 0 Å². The maximum atomic E-state index is 11.4. The van der Waals surface area contributed by atoms with Crippen LogP contribution in [0.15, 0.2) is 0 Å². The number of aliphatic carboxylic acids is 1. The fourth-order valence-electron chi connectivity index (χ4n) is 2.68. The number of ether oxygens (including phenoxy) is 1. The quantitative estimate of drug-likeness (QED) is 0.677. The third kappa shape index (κ3) is 1.61. The number of likely N-dealkylation sites (tertiary alicyclic amines) is 1. The Balaban J connectivity index is 2.21. The molecule has 84 valence electrons. The number of carbonyl (C=O) groups is 2. The molecule has 5 heteroatoms. The third-order valence-corrected chi connectivity index (χ3v) is 3.21. The van der Waals surface area contributed by atoms with Gasteiger partial charge in [-0.1, -0.05) is 0 Å². The Labute approximate surface area is 88.0 Å². The molecule has 0 radical (unpaired) electrons. The number of carboxylic acids is 1. The summed E-state index contributed by atoms with van der Waals surface area (Å²) < 4.78 is 5.59. The van der Waals surface area contributed by atoms with Crippen LogP contribution in [0.1, 0.15) is 26.7 Å². The van der Waals surface area contributed by atoms with E-state index in [-0.39, 0.29) is 24.2 Å². The Hall–Kier alpha value is -1.10. The molecule has 15 heavy (non-hydrogen) atoms. The van der Waals surface area contributed by atoms with Crippen molar-refractivity contribution >= 4 is 11.9 Å². The van der Waals surface area contributed by atoms with Crippen LogP contribution in [-0.2, 0) is 14.3 Å². The first-order valence-electron chi connectivity index (χ1n) is 5.18. The molecule has 0 aromatic rings. The van der Waals surface area contributed by atoms with Crippen LogP contribution in [-0.4, -0.2) is 46.2 Å². The molecule has 2 aliphatic heterocycles. The molecule has 2 saturated heterocycles. The summed E-state index contributed by atoms with van der Waals surface area (Å²) in [5, 5.41) is 9.00. The van der Waals surface area contributed by atoms with Crippen molar-refractivity contribution in [3.63, 3.8) is 0 Å². The summed E-state index contributed by atoms with van der Waals surface area (Å²) in [6.07, 6.45) is 1.19. The summed E-state index contributed by atoms with van der Waals surface area (Å²) in [6.45, 7) is 3.37. The van der Waals surface area contributed by atoms with Gasteiger partial charge < -0.3 is 14.7 Å². The van der Waals surface area contributed by atoms with Gasteiger partial charge in [0.25, 0.3) is 0 Å². The zero-order valence-corrected chi connectivity index (χ0v) is 8.84. The van der Waals surface area contributed by atoms with Crippen LogP contribution in [0.2, 0.25) is 0 Å². The highest BCUT2D eigenvalue weighted by atomic mass is 16.5. The van der Waals surface area contributed by atoms with Crippen molar-refractivity contribution in [3.05, 3.63) is 0 Å². The van der Waals surface area contributed by atoms with E-state index in [4.69, 9.17) is 9.84 Å². The summed E-state index contributed by atoms with van der Waals surface area (Å²) in [5.74, 6) is -1.11. The van der Waals surface area contributed by atoms with Crippen LogP contribution in [0.5, 0.6) is 0 Å². The van der Waals surface area contributed by atoms with Crippen molar-refractivity contribution in [3.8, 4) is 0 Å². The number of carbonyl (C=O) groups excluding carboxylic acids is 1. The van der Waals surface area contributed by atoms with E-state index >= 15 is 0 Å². The van der Waals surface area contributed by atoms with E-state index < -0.39 is 12.0 Å². The predicted octanol–water partition coefficient (Wildman–Crippen LogP) is 0.238. The summed E-state index contributed by atoms with van der Waals surface area (Å²) in [5.41, 5.74) is 0. The first-order chi connectivity index (χ1) is 7.00. The van der Waals surface area contributed by atoms with E-state index in [0.29, 0.717) is 6.42 Å². The molecule has 2 rings (SSSR count). The minimum Gasteiger partial charge on any atom is -0.480 e. The lowest BCUT2D eigenvalue weighted by Crippen LogP contribution is -2.44. The minimum atomic E-state index is -0.934. The van der Waals surface area contributed by atoms with Gasteiger partial charge in [0.1, 0.15) is 6.04 Å². The molecule has 1 amide bonds. The molecule has 0 aromatic heterocycles. The standard InChI is InChI=1S/C10H15NO4/c1-5-3-7-9(15-5)4-8(10(13)14)11(7)6(2)12/h5,7-9H,3-4H2,1-2H3,(H,13,14)/t5-,7+,8-,9+/m1/s1. The van der Waals surface area contributed by atoms with Crippen LogP contribution >= 0.6 is 0 Å². The molecule has 0 unspecified atom stereocenters. The molecule has 2 aliphatic rings. The average molecular weight is 213 g/mol. The van der Waals surface area contributed by atoms with Gasteiger partial charge in [-0.15, -0.1) is 0 Å². The zero-order chi connectivity index (χ0) is 11.2. The second-order valence-corrected chi connectivity index (χ2v) is 4.30. The molecule has 0 spiro atoms. The second-order valence-electron chi connectivity index (χ2n) is 4.30. The topological polar surface area (TPSA) is 66.8 Å². The molecule has 4 atom stereocenters. The van der Waals surface area contributed by atoms with Crippen LogP contribution in [0.4, 0.5) is 0 Å². The average Bonchev–Trinajstić information content (AvgIpc) is 2.58. The smallest absolute Gasteiger partial charge is 0.326 e. The van der Waals surface area contributed by atoms with Crippen LogP contribution < -0.4 is 0 Å². The Bertz CT molecular complexity index is 304. The van der Waals surface area contributed by atoms with Gasteiger partial charge in [0, 0.05) is 13.3 Å². The van der Waals surface area contributed by atoms with E-state index in [0.717, 1.165) is 6.42 Å². The fourth-order valence-corrected chi connectivity index (χ4v) is 2.68. The number of carboxylic acid groups (broad SMARTS) is 1. The molecule has 0 aliphatic carbocycles. The zero-order valence-electron chi connectivity index (χ0n) is 8.84. The van der Waals surface area contributed by atoms with E-state index in [2.05, 4.69) is 0 Å². The molecule has 0 aromatic carbocycles. The van der Waals surface area contributed by atoms with Gasteiger partial charge in [0.05, 0.1) is 18.2 Å². The Morgan fingerprint density at radius 3 is 2.60 bits per heavy atom. The summed E-state index contributed by atoms with van der Waals surface area (Å²) in [7, 11) is 0. The third-order valence-electron chi connectivity index (χ3n) is 3.21. The van der Waals surface area contributed by atoms with Crippen molar-refractivity contribution in [2.24, 2.45) is 0 Å². The van der Waals surface area contributed by atoms with Crippen molar-refractivity contribution in [1.29, 1.82) is 0 Å². The highest BCUT2D eigenvalue weighted by molar-refractivity contribution is 5.83.